The van der Waals surface area contributed by atoms with Gasteiger partial charge in [-0.05, 0) is 26.0 Å². The number of carbonyl (C=O) groups excluding carboxylic acids is 2. The molecule has 1 aromatic carbocycles. The second-order valence-corrected chi connectivity index (χ2v) is 6.63. The molecular weight excluding hydrogens is 348 g/mol. The van der Waals surface area contributed by atoms with Gasteiger partial charge in [-0.1, -0.05) is 22.9 Å². The molecule has 0 saturated carbocycles. The topological polar surface area (TPSA) is 87.9 Å². The summed E-state index contributed by atoms with van der Waals surface area (Å²) in [6.45, 7) is 6.48. The summed E-state index contributed by atoms with van der Waals surface area (Å²) in [6.07, 6.45) is 0. The third-order valence-electron chi connectivity index (χ3n) is 4.37. The Hall–Kier alpha value is -2.87. The van der Waals surface area contributed by atoms with Gasteiger partial charge in [-0.3, -0.25) is 14.5 Å². The van der Waals surface area contributed by atoms with E-state index in [-0.39, 0.29) is 25.0 Å². The molecule has 144 valence electrons. The summed E-state index contributed by atoms with van der Waals surface area (Å²) in [7, 11) is 0. The minimum absolute atomic E-state index is 0.0229. The minimum Gasteiger partial charge on any atom is -0.484 e. The maximum atomic E-state index is 12.3. The van der Waals surface area contributed by atoms with E-state index in [1.807, 2.05) is 36.1 Å². The second-order valence-electron chi connectivity index (χ2n) is 6.63. The number of nitrogens with one attached hydrogen (secondary N) is 1. The highest BCUT2D eigenvalue weighted by molar-refractivity contribution is 5.91. The predicted octanol–water partition coefficient (Wildman–Crippen LogP) is 1.45. The van der Waals surface area contributed by atoms with Gasteiger partial charge in [0.15, 0.2) is 12.4 Å². The molecule has 0 bridgehead atoms. The van der Waals surface area contributed by atoms with Crippen molar-refractivity contribution in [2.24, 2.45) is 0 Å². The van der Waals surface area contributed by atoms with Gasteiger partial charge in [0, 0.05) is 32.2 Å². The monoisotopic (exact) mass is 372 g/mol. The molecule has 0 unspecified atom stereocenters. The molecule has 27 heavy (non-hydrogen) atoms. The van der Waals surface area contributed by atoms with Gasteiger partial charge in [0.25, 0.3) is 5.91 Å². The van der Waals surface area contributed by atoms with Crippen LogP contribution < -0.4 is 10.1 Å². The Morgan fingerprint density at radius 1 is 1.15 bits per heavy atom. The van der Waals surface area contributed by atoms with E-state index in [1.54, 1.807) is 17.9 Å². The van der Waals surface area contributed by atoms with Crippen LogP contribution in [0, 0.1) is 13.8 Å². The summed E-state index contributed by atoms with van der Waals surface area (Å²) in [5.41, 5.74) is 1.15. The maximum Gasteiger partial charge on any atom is 0.260 e. The van der Waals surface area contributed by atoms with Crippen molar-refractivity contribution in [2.45, 2.75) is 13.8 Å². The normalized spacial score (nSPS) is 14.8. The van der Waals surface area contributed by atoms with E-state index in [2.05, 4.69) is 10.5 Å². The molecule has 1 aromatic heterocycles. The highest BCUT2D eigenvalue weighted by Crippen LogP contribution is 2.12. The number of nitrogens with zero attached hydrogens (tertiary/aromatic N) is 3. The summed E-state index contributed by atoms with van der Waals surface area (Å²) in [4.78, 5) is 28.1. The van der Waals surface area contributed by atoms with E-state index in [9.17, 15) is 9.59 Å². The Labute approximate surface area is 158 Å². The van der Waals surface area contributed by atoms with Crippen LogP contribution in [-0.2, 0) is 9.59 Å². The predicted molar refractivity (Wildman–Crippen MR) is 99.6 cm³/mol. The second kappa shape index (κ2) is 8.68. The van der Waals surface area contributed by atoms with Gasteiger partial charge in [-0.25, -0.2) is 0 Å². The molecule has 1 fully saturated rings. The zero-order chi connectivity index (χ0) is 19.2. The number of benzene rings is 1. The number of rotatable bonds is 6. The van der Waals surface area contributed by atoms with Gasteiger partial charge < -0.3 is 19.5 Å². The summed E-state index contributed by atoms with van der Waals surface area (Å²) >= 11 is 0. The van der Waals surface area contributed by atoms with E-state index >= 15 is 0 Å². The lowest BCUT2D eigenvalue weighted by atomic mass is 10.2. The average Bonchev–Trinajstić information content (AvgIpc) is 3.06. The zero-order valence-corrected chi connectivity index (χ0v) is 15.6. The number of amides is 2. The average molecular weight is 372 g/mol. The number of aromatic nitrogens is 1. The van der Waals surface area contributed by atoms with E-state index in [0.717, 1.165) is 5.56 Å². The minimum atomic E-state index is -0.147. The lowest BCUT2D eigenvalue weighted by molar-refractivity contribution is -0.135. The first kappa shape index (κ1) is 18.9. The Morgan fingerprint density at radius 3 is 2.48 bits per heavy atom. The molecule has 1 N–H and O–H groups in total. The van der Waals surface area contributed by atoms with Crippen LogP contribution in [0.15, 0.2) is 34.9 Å². The Balaban J connectivity index is 1.38. The Bertz CT molecular complexity index is 779. The van der Waals surface area contributed by atoms with Crippen molar-refractivity contribution < 1.29 is 18.8 Å². The third kappa shape index (κ3) is 5.55. The van der Waals surface area contributed by atoms with Gasteiger partial charge in [0.05, 0.1) is 6.54 Å². The highest BCUT2D eigenvalue weighted by Gasteiger charge is 2.23. The molecule has 2 aromatic rings. The molecule has 2 heterocycles. The smallest absolute Gasteiger partial charge is 0.260 e. The van der Waals surface area contributed by atoms with Gasteiger partial charge >= 0.3 is 0 Å². The fourth-order valence-electron chi connectivity index (χ4n) is 2.84. The fraction of sp³-hybridized carbons (Fsp3) is 0.421. The molecule has 0 aliphatic carbocycles. The first-order valence-electron chi connectivity index (χ1n) is 8.92. The number of hydrogen-bond acceptors (Lipinski definition) is 6. The van der Waals surface area contributed by atoms with Crippen molar-refractivity contribution in [3.05, 3.63) is 41.7 Å². The Morgan fingerprint density at radius 2 is 1.85 bits per heavy atom. The van der Waals surface area contributed by atoms with Crippen molar-refractivity contribution in [2.75, 3.05) is 44.6 Å². The van der Waals surface area contributed by atoms with Crippen LogP contribution >= 0.6 is 0 Å². The van der Waals surface area contributed by atoms with Crippen LogP contribution in [0.5, 0.6) is 5.75 Å². The molecule has 8 heteroatoms. The molecule has 0 radical (unpaired) electrons. The summed E-state index contributed by atoms with van der Waals surface area (Å²) in [6, 6.07) is 9.28. The summed E-state index contributed by atoms with van der Waals surface area (Å²) in [5, 5.41) is 6.44. The SMILES string of the molecule is Cc1ccc(OCC(=O)N2CCN(CC(=O)Nc3cc(C)on3)CC2)cc1. The lowest BCUT2D eigenvalue weighted by Crippen LogP contribution is -2.51. The number of carbonyl (C=O) groups is 2. The Kier molecular flexibility index (Phi) is 6.08. The lowest BCUT2D eigenvalue weighted by Gasteiger charge is -2.34. The van der Waals surface area contributed by atoms with Crippen LogP contribution in [0.1, 0.15) is 11.3 Å². The highest BCUT2D eigenvalue weighted by atomic mass is 16.5. The van der Waals surface area contributed by atoms with Gasteiger partial charge in [-0.15, -0.1) is 0 Å². The van der Waals surface area contributed by atoms with Crippen molar-refractivity contribution in [3.63, 3.8) is 0 Å². The molecule has 0 spiro atoms. The van der Waals surface area contributed by atoms with Crippen LogP contribution in [0.2, 0.25) is 0 Å². The quantitative estimate of drug-likeness (QED) is 0.826. The maximum absolute atomic E-state index is 12.3. The van der Waals surface area contributed by atoms with Gasteiger partial charge in [0.2, 0.25) is 5.91 Å². The molecule has 1 aliphatic rings. The number of hydrogen-bond donors (Lipinski definition) is 1. The number of ether oxygens (including phenoxy) is 1. The molecule has 1 aliphatic heterocycles. The first-order valence-corrected chi connectivity index (χ1v) is 8.92. The van der Waals surface area contributed by atoms with Crippen LogP contribution in [0.25, 0.3) is 0 Å². The van der Waals surface area contributed by atoms with Crippen LogP contribution in [-0.4, -0.2) is 66.1 Å². The van der Waals surface area contributed by atoms with E-state index in [4.69, 9.17) is 9.26 Å². The molecule has 0 atom stereocenters. The fourth-order valence-corrected chi connectivity index (χ4v) is 2.84. The van der Waals surface area contributed by atoms with Gasteiger partial charge in [0.1, 0.15) is 11.5 Å². The van der Waals surface area contributed by atoms with Crippen molar-refractivity contribution in [3.8, 4) is 5.75 Å². The molecule has 1 saturated heterocycles. The number of piperazine rings is 1. The van der Waals surface area contributed by atoms with Crippen molar-refractivity contribution in [1.82, 2.24) is 15.0 Å². The van der Waals surface area contributed by atoms with E-state index in [0.29, 0.717) is 43.5 Å². The first-order chi connectivity index (χ1) is 13.0. The standard InChI is InChI=1S/C19H24N4O4/c1-14-3-5-16(6-4-14)26-13-19(25)23-9-7-22(8-10-23)12-18(24)20-17-11-15(2)27-21-17/h3-6,11H,7-10,12-13H2,1-2H3,(H,20,21,24). The third-order valence-corrected chi connectivity index (χ3v) is 4.37. The zero-order valence-electron chi connectivity index (χ0n) is 15.6. The van der Waals surface area contributed by atoms with E-state index < -0.39 is 0 Å². The molecule has 2 amide bonds. The summed E-state index contributed by atoms with van der Waals surface area (Å²) < 4.78 is 10.5. The number of aryl methyl sites for hydroxylation is 2. The largest absolute Gasteiger partial charge is 0.484 e. The van der Waals surface area contributed by atoms with Crippen molar-refractivity contribution >= 4 is 17.6 Å². The van der Waals surface area contributed by atoms with Crippen LogP contribution in [0.4, 0.5) is 5.82 Å². The van der Waals surface area contributed by atoms with Gasteiger partial charge in [-0.2, -0.15) is 0 Å². The van der Waals surface area contributed by atoms with E-state index in [1.165, 1.54) is 0 Å². The van der Waals surface area contributed by atoms with Crippen LogP contribution in [0.3, 0.4) is 0 Å². The summed E-state index contributed by atoms with van der Waals surface area (Å²) in [5.74, 6) is 1.56. The molecule has 3 rings (SSSR count). The molecular formula is C19H24N4O4. The molecule has 8 nitrogen and oxygen atoms in total. The number of anilines is 1. The van der Waals surface area contributed by atoms with Crippen molar-refractivity contribution in [1.29, 1.82) is 0 Å².